The zero-order valence-corrected chi connectivity index (χ0v) is 12.0. The van der Waals surface area contributed by atoms with Gasteiger partial charge in [0.1, 0.15) is 11.6 Å². The number of thioether (sulfide) groups is 1. The number of halogens is 1. The van der Waals surface area contributed by atoms with Crippen LogP contribution in [-0.4, -0.2) is 39.5 Å². The van der Waals surface area contributed by atoms with Crippen molar-refractivity contribution in [1.82, 2.24) is 4.90 Å². The Kier molecular flexibility index (Phi) is 4.04. The van der Waals surface area contributed by atoms with E-state index in [9.17, 15) is 14.3 Å². The number of phenols is 1. The van der Waals surface area contributed by atoms with Crippen molar-refractivity contribution in [2.24, 2.45) is 0 Å². The normalized spacial score (nSPS) is 19.0. The van der Waals surface area contributed by atoms with Gasteiger partial charge in [-0.2, -0.15) is 11.8 Å². The molecular formula is C14H18FNO2S. The Morgan fingerprint density at radius 1 is 1.42 bits per heavy atom. The molecule has 1 aliphatic rings. The summed E-state index contributed by atoms with van der Waals surface area (Å²) in [5.41, 5.74) is 0.172. The lowest BCUT2D eigenvalue weighted by Crippen LogP contribution is -2.33. The molecule has 5 heteroatoms. The van der Waals surface area contributed by atoms with Gasteiger partial charge in [0.2, 0.25) is 0 Å². The van der Waals surface area contributed by atoms with E-state index in [1.54, 1.807) is 4.90 Å². The third-order valence-corrected chi connectivity index (χ3v) is 4.69. The van der Waals surface area contributed by atoms with Gasteiger partial charge in [-0.15, -0.1) is 0 Å². The quantitative estimate of drug-likeness (QED) is 0.861. The average molecular weight is 283 g/mol. The molecule has 1 N–H and O–H groups in total. The lowest BCUT2D eigenvalue weighted by Gasteiger charge is -2.23. The Morgan fingerprint density at radius 3 is 2.84 bits per heavy atom. The molecule has 1 aromatic carbocycles. The maximum atomic E-state index is 12.9. The zero-order valence-electron chi connectivity index (χ0n) is 11.1. The Balaban J connectivity index is 2.15. The van der Waals surface area contributed by atoms with Crippen LogP contribution in [0.15, 0.2) is 18.2 Å². The number of carbonyl (C=O) groups excluding carboxylic acids is 1. The largest absolute Gasteiger partial charge is 0.507 e. The van der Waals surface area contributed by atoms with Crippen LogP contribution in [0.3, 0.4) is 0 Å². The summed E-state index contributed by atoms with van der Waals surface area (Å²) in [7, 11) is 0. The van der Waals surface area contributed by atoms with Crippen molar-refractivity contribution in [2.75, 3.05) is 18.8 Å². The van der Waals surface area contributed by atoms with Crippen LogP contribution < -0.4 is 0 Å². The lowest BCUT2D eigenvalue weighted by molar-refractivity contribution is 0.0761. The van der Waals surface area contributed by atoms with Crippen molar-refractivity contribution in [1.29, 1.82) is 0 Å². The molecule has 2 rings (SSSR count). The van der Waals surface area contributed by atoms with E-state index in [0.717, 1.165) is 18.2 Å². The molecule has 3 nitrogen and oxygen atoms in total. The number of aromatic hydroxyl groups is 1. The van der Waals surface area contributed by atoms with Crippen molar-refractivity contribution >= 4 is 17.7 Å². The minimum atomic E-state index is -0.540. The highest BCUT2D eigenvalue weighted by molar-refractivity contribution is 8.00. The predicted molar refractivity (Wildman–Crippen MR) is 75.1 cm³/mol. The summed E-state index contributed by atoms with van der Waals surface area (Å²) >= 11 is 1.85. The van der Waals surface area contributed by atoms with E-state index in [4.69, 9.17) is 0 Å². The van der Waals surface area contributed by atoms with E-state index < -0.39 is 5.82 Å². The summed E-state index contributed by atoms with van der Waals surface area (Å²) in [5, 5.41) is 9.67. The lowest BCUT2D eigenvalue weighted by atomic mass is 10.1. The standard InChI is InChI=1S/C14H18FNO2S/c1-14(2)5-6-16(7-8-19-14)13(18)11-4-3-10(15)9-12(11)17/h3-4,9,17H,5-8H2,1-2H3. The molecule has 1 aromatic rings. The first-order valence-corrected chi connectivity index (χ1v) is 7.29. The Bertz CT molecular complexity index is 490. The highest BCUT2D eigenvalue weighted by Gasteiger charge is 2.27. The Hall–Kier alpha value is -1.23. The maximum Gasteiger partial charge on any atom is 0.257 e. The van der Waals surface area contributed by atoms with Gasteiger partial charge >= 0.3 is 0 Å². The minimum Gasteiger partial charge on any atom is -0.507 e. The Morgan fingerprint density at radius 2 is 2.16 bits per heavy atom. The van der Waals surface area contributed by atoms with E-state index in [0.29, 0.717) is 13.1 Å². The smallest absolute Gasteiger partial charge is 0.257 e. The van der Waals surface area contributed by atoms with Crippen molar-refractivity contribution in [3.63, 3.8) is 0 Å². The van der Waals surface area contributed by atoms with Crippen LogP contribution in [0.5, 0.6) is 5.75 Å². The number of benzene rings is 1. The molecule has 0 radical (unpaired) electrons. The summed E-state index contributed by atoms with van der Waals surface area (Å²) in [6.07, 6.45) is 0.908. The molecule has 1 amide bonds. The second kappa shape index (κ2) is 5.41. The van der Waals surface area contributed by atoms with E-state index >= 15 is 0 Å². The fourth-order valence-electron chi connectivity index (χ4n) is 2.08. The van der Waals surface area contributed by atoms with E-state index in [2.05, 4.69) is 13.8 Å². The topological polar surface area (TPSA) is 40.5 Å². The number of rotatable bonds is 1. The third kappa shape index (κ3) is 3.41. The van der Waals surface area contributed by atoms with E-state index in [1.165, 1.54) is 12.1 Å². The number of amides is 1. The monoisotopic (exact) mass is 283 g/mol. The molecule has 0 atom stereocenters. The summed E-state index contributed by atoms with van der Waals surface area (Å²) in [6, 6.07) is 3.52. The van der Waals surface area contributed by atoms with Crippen molar-refractivity contribution in [3.8, 4) is 5.75 Å². The zero-order chi connectivity index (χ0) is 14.0. The molecule has 1 saturated heterocycles. The number of carbonyl (C=O) groups is 1. The maximum absolute atomic E-state index is 12.9. The first kappa shape index (κ1) is 14.2. The van der Waals surface area contributed by atoms with Gasteiger partial charge < -0.3 is 10.0 Å². The van der Waals surface area contributed by atoms with Crippen LogP contribution in [0.25, 0.3) is 0 Å². The molecule has 0 bridgehead atoms. The van der Waals surface area contributed by atoms with Gasteiger partial charge in [0.15, 0.2) is 0 Å². The summed E-state index contributed by atoms with van der Waals surface area (Å²) in [6.45, 7) is 5.65. The second-order valence-corrected chi connectivity index (χ2v) is 7.11. The molecule has 0 saturated carbocycles. The molecule has 0 spiro atoms. The molecule has 104 valence electrons. The number of phenolic OH excluding ortho intramolecular Hbond substituents is 1. The van der Waals surface area contributed by atoms with Crippen LogP contribution in [0.4, 0.5) is 4.39 Å². The highest BCUT2D eigenvalue weighted by Crippen LogP contribution is 2.31. The molecule has 0 aliphatic carbocycles. The van der Waals surface area contributed by atoms with Crippen LogP contribution in [0.2, 0.25) is 0 Å². The molecular weight excluding hydrogens is 265 g/mol. The van der Waals surface area contributed by atoms with Crippen LogP contribution >= 0.6 is 11.8 Å². The minimum absolute atomic E-state index is 0.167. The molecule has 0 unspecified atom stereocenters. The summed E-state index contributed by atoms with van der Waals surface area (Å²) in [5.74, 6) is -0.181. The van der Waals surface area contributed by atoms with Gasteiger partial charge in [-0.3, -0.25) is 4.79 Å². The van der Waals surface area contributed by atoms with Crippen molar-refractivity contribution in [3.05, 3.63) is 29.6 Å². The summed E-state index contributed by atoms with van der Waals surface area (Å²) < 4.78 is 13.1. The molecule has 0 aromatic heterocycles. The first-order chi connectivity index (χ1) is 8.89. The van der Waals surface area contributed by atoms with Crippen molar-refractivity contribution < 1.29 is 14.3 Å². The Labute approximate surface area is 116 Å². The van der Waals surface area contributed by atoms with Gasteiger partial charge in [0.25, 0.3) is 5.91 Å². The molecule has 19 heavy (non-hydrogen) atoms. The van der Waals surface area contributed by atoms with Crippen LogP contribution in [-0.2, 0) is 0 Å². The van der Waals surface area contributed by atoms with Crippen LogP contribution in [0, 0.1) is 5.82 Å². The first-order valence-electron chi connectivity index (χ1n) is 6.31. The SMILES string of the molecule is CC1(C)CCN(C(=O)c2ccc(F)cc2O)CCS1. The van der Waals surface area contributed by atoms with E-state index in [1.807, 2.05) is 11.8 Å². The average Bonchev–Trinajstić information content (AvgIpc) is 2.49. The van der Waals surface area contributed by atoms with Gasteiger partial charge in [0.05, 0.1) is 5.56 Å². The third-order valence-electron chi connectivity index (χ3n) is 3.32. The van der Waals surface area contributed by atoms with Gasteiger partial charge in [0, 0.05) is 29.7 Å². The highest BCUT2D eigenvalue weighted by atomic mass is 32.2. The van der Waals surface area contributed by atoms with E-state index in [-0.39, 0.29) is 22.0 Å². The number of hydrogen-bond acceptors (Lipinski definition) is 3. The van der Waals surface area contributed by atoms with Gasteiger partial charge in [-0.05, 0) is 18.6 Å². The fraction of sp³-hybridized carbons (Fsp3) is 0.500. The van der Waals surface area contributed by atoms with Crippen molar-refractivity contribution in [2.45, 2.75) is 25.0 Å². The molecule has 1 heterocycles. The number of nitrogens with zero attached hydrogens (tertiary/aromatic N) is 1. The summed E-state index contributed by atoms with van der Waals surface area (Å²) in [4.78, 5) is 14.1. The fourth-order valence-corrected chi connectivity index (χ4v) is 3.18. The van der Waals surface area contributed by atoms with Gasteiger partial charge in [-0.25, -0.2) is 4.39 Å². The number of hydrogen-bond donors (Lipinski definition) is 1. The second-order valence-electron chi connectivity index (χ2n) is 5.31. The predicted octanol–water partition coefficient (Wildman–Crippen LogP) is 2.89. The van der Waals surface area contributed by atoms with Gasteiger partial charge in [-0.1, -0.05) is 13.8 Å². The van der Waals surface area contributed by atoms with Crippen LogP contribution in [0.1, 0.15) is 30.6 Å². The molecule has 1 fully saturated rings. The molecule has 1 aliphatic heterocycles.